The highest BCUT2D eigenvalue weighted by atomic mass is 35.5. The Morgan fingerprint density at radius 1 is 1.27 bits per heavy atom. The number of esters is 1. The molecule has 0 N–H and O–H groups in total. The Hall–Kier alpha value is -2.60. The molecule has 7 heteroatoms. The van der Waals surface area contributed by atoms with E-state index in [1.165, 1.54) is 11.6 Å². The first kappa shape index (κ1) is 14.3. The molecule has 0 unspecified atom stereocenters. The summed E-state index contributed by atoms with van der Waals surface area (Å²) < 4.78 is 11.8. The SMILES string of the molecule is COC(=O)c1cccn2nc(COc3ccccc3Cl)nc12. The summed E-state index contributed by atoms with van der Waals surface area (Å²) in [5.74, 6) is 0.532. The number of ether oxygens (including phenoxy) is 2. The van der Waals surface area contributed by atoms with Crippen LogP contribution < -0.4 is 4.74 Å². The molecule has 0 aliphatic rings. The summed E-state index contributed by atoms with van der Waals surface area (Å²) in [6.45, 7) is 0.145. The van der Waals surface area contributed by atoms with E-state index in [1.807, 2.05) is 12.1 Å². The summed E-state index contributed by atoms with van der Waals surface area (Å²) in [5, 5.41) is 4.78. The van der Waals surface area contributed by atoms with Gasteiger partial charge in [0.2, 0.25) is 0 Å². The van der Waals surface area contributed by atoms with E-state index in [4.69, 9.17) is 21.1 Å². The van der Waals surface area contributed by atoms with Crippen LogP contribution in [0.4, 0.5) is 0 Å². The summed E-state index contributed by atoms with van der Waals surface area (Å²) in [4.78, 5) is 16.0. The third-order valence-electron chi connectivity index (χ3n) is 3.00. The van der Waals surface area contributed by atoms with Gasteiger partial charge in [0.15, 0.2) is 11.5 Å². The van der Waals surface area contributed by atoms with Gasteiger partial charge in [-0.3, -0.25) is 0 Å². The summed E-state index contributed by atoms with van der Waals surface area (Å²) >= 11 is 6.02. The van der Waals surface area contributed by atoms with Crippen molar-refractivity contribution >= 4 is 23.2 Å². The lowest BCUT2D eigenvalue weighted by Crippen LogP contribution is -2.04. The highest BCUT2D eigenvalue weighted by Gasteiger charge is 2.14. The van der Waals surface area contributed by atoms with E-state index in [9.17, 15) is 4.79 Å². The zero-order valence-electron chi connectivity index (χ0n) is 11.7. The average Bonchev–Trinajstić information content (AvgIpc) is 2.96. The second-order valence-electron chi connectivity index (χ2n) is 4.43. The molecular formula is C15H12ClN3O3. The molecule has 1 aromatic carbocycles. The lowest BCUT2D eigenvalue weighted by atomic mass is 10.3. The molecule has 22 heavy (non-hydrogen) atoms. The minimum absolute atomic E-state index is 0.145. The summed E-state index contributed by atoms with van der Waals surface area (Å²) in [7, 11) is 1.32. The Morgan fingerprint density at radius 2 is 2.09 bits per heavy atom. The third kappa shape index (κ3) is 2.73. The zero-order chi connectivity index (χ0) is 15.5. The normalized spacial score (nSPS) is 10.6. The van der Waals surface area contributed by atoms with Crippen LogP contribution in [0.3, 0.4) is 0 Å². The number of rotatable bonds is 4. The van der Waals surface area contributed by atoms with E-state index < -0.39 is 5.97 Å². The van der Waals surface area contributed by atoms with E-state index in [2.05, 4.69) is 10.1 Å². The lowest BCUT2D eigenvalue weighted by molar-refractivity contribution is 0.0602. The largest absolute Gasteiger partial charge is 0.484 e. The highest BCUT2D eigenvalue weighted by molar-refractivity contribution is 6.32. The van der Waals surface area contributed by atoms with Gasteiger partial charge in [-0.2, -0.15) is 0 Å². The number of methoxy groups -OCH3 is 1. The van der Waals surface area contributed by atoms with Gasteiger partial charge < -0.3 is 9.47 Å². The average molecular weight is 318 g/mol. The predicted octanol–water partition coefficient (Wildman–Crippen LogP) is 2.75. The second-order valence-corrected chi connectivity index (χ2v) is 4.84. The van der Waals surface area contributed by atoms with E-state index in [0.717, 1.165) is 0 Å². The number of aromatic nitrogens is 3. The van der Waals surface area contributed by atoms with Gasteiger partial charge in [0, 0.05) is 6.20 Å². The molecular weight excluding hydrogens is 306 g/mol. The van der Waals surface area contributed by atoms with Crippen LogP contribution in [0, 0.1) is 0 Å². The maximum atomic E-state index is 11.7. The molecule has 0 amide bonds. The molecule has 112 valence electrons. The number of hydrogen-bond acceptors (Lipinski definition) is 5. The summed E-state index contributed by atoms with van der Waals surface area (Å²) in [5.41, 5.74) is 0.772. The quantitative estimate of drug-likeness (QED) is 0.692. The number of halogens is 1. The van der Waals surface area contributed by atoms with Crippen LogP contribution in [0.15, 0.2) is 42.6 Å². The lowest BCUT2D eigenvalue weighted by Gasteiger charge is -2.04. The van der Waals surface area contributed by atoms with Crippen LogP contribution in [0.25, 0.3) is 5.65 Å². The Morgan fingerprint density at radius 3 is 2.86 bits per heavy atom. The molecule has 2 heterocycles. The zero-order valence-corrected chi connectivity index (χ0v) is 12.4. The fraction of sp³-hybridized carbons (Fsp3) is 0.133. The molecule has 6 nitrogen and oxygen atoms in total. The molecule has 0 radical (unpaired) electrons. The molecule has 0 aliphatic heterocycles. The number of carbonyl (C=O) groups is 1. The molecule has 0 saturated heterocycles. The molecule has 3 rings (SSSR count). The van der Waals surface area contributed by atoms with Gasteiger partial charge in [-0.05, 0) is 24.3 Å². The monoisotopic (exact) mass is 317 g/mol. The molecule has 0 saturated carbocycles. The number of pyridine rings is 1. The second kappa shape index (κ2) is 6.03. The van der Waals surface area contributed by atoms with Crippen LogP contribution in [-0.2, 0) is 11.3 Å². The van der Waals surface area contributed by atoms with Gasteiger partial charge in [-0.15, -0.1) is 5.10 Å². The first-order valence-corrected chi connectivity index (χ1v) is 6.87. The Balaban J connectivity index is 1.86. The van der Waals surface area contributed by atoms with E-state index >= 15 is 0 Å². The van der Waals surface area contributed by atoms with Crippen molar-refractivity contribution in [2.24, 2.45) is 0 Å². The van der Waals surface area contributed by atoms with Crippen LogP contribution in [0.2, 0.25) is 5.02 Å². The summed E-state index contributed by atoms with van der Waals surface area (Å²) in [6, 6.07) is 10.5. The predicted molar refractivity (Wildman–Crippen MR) is 80.1 cm³/mol. The van der Waals surface area contributed by atoms with Gasteiger partial charge in [-0.1, -0.05) is 23.7 Å². The maximum absolute atomic E-state index is 11.7. The molecule has 0 aliphatic carbocycles. The number of fused-ring (bicyclic) bond motifs is 1. The number of benzene rings is 1. The molecule has 0 spiro atoms. The molecule has 0 fully saturated rings. The van der Waals surface area contributed by atoms with E-state index in [1.54, 1.807) is 30.5 Å². The fourth-order valence-electron chi connectivity index (χ4n) is 1.98. The van der Waals surface area contributed by atoms with Gasteiger partial charge in [0.1, 0.15) is 17.9 Å². The standard InChI is InChI=1S/C15H12ClN3O3/c1-21-15(20)10-5-4-8-19-14(10)17-13(18-19)9-22-12-7-3-2-6-11(12)16/h2-8H,9H2,1H3. The van der Waals surface area contributed by atoms with E-state index in [-0.39, 0.29) is 6.61 Å². The van der Waals surface area contributed by atoms with Crippen LogP contribution >= 0.6 is 11.6 Å². The van der Waals surface area contributed by atoms with Crippen molar-refractivity contribution in [2.75, 3.05) is 7.11 Å². The Bertz CT molecular complexity index is 832. The minimum Gasteiger partial charge on any atom is -0.484 e. The van der Waals surface area contributed by atoms with E-state index in [0.29, 0.717) is 27.8 Å². The number of carbonyl (C=O) groups excluding carboxylic acids is 1. The Labute approximate surface area is 131 Å². The third-order valence-corrected chi connectivity index (χ3v) is 3.32. The van der Waals surface area contributed by atoms with Gasteiger partial charge in [-0.25, -0.2) is 14.3 Å². The van der Waals surface area contributed by atoms with Crippen LogP contribution in [0.1, 0.15) is 16.2 Å². The smallest absolute Gasteiger partial charge is 0.341 e. The molecule has 2 aromatic heterocycles. The van der Waals surface area contributed by atoms with Crippen molar-refractivity contribution in [2.45, 2.75) is 6.61 Å². The number of para-hydroxylation sites is 1. The fourth-order valence-corrected chi connectivity index (χ4v) is 2.18. The van der Waals surface area contributed by atoms with Gasteiger partial charge in [0.25, 0.3) is 0 Å². The van der Waals surface area contributed by atoms with Crippen LogP contribution in [-0.4, -0.2) is 27.7 Å². The van der Waals surface area contributed by atoms with Crippen LogP contribution in [0.5, 0.6) is 5.75 Å². The molecule has 0 atom stereocenters. The van der Waals surface area contributed by atoms with Crippen molar-refractivity contribution in [1.29, 1.82) is 0 Å². The Kier molecular flexibility index (Phi) is 3.93. The van der Waals surface area contributed by atoms with Crippen molar-refractivity contribution in [3.05, 3.63) is 59.0 Å². The first-order chi connectivity index (χ1) is 10.7. The number of hydrogen-bond donors (Lipinski definition) is 0. The minimum atomic E-state index is -0.462. The van der Waals surface area contributed by atoms with Gasteiger partial charge >= 0.3 is 5.97 Å². The maximum Gasteiger partial charge on any atom is 0.341 e. The first-order valence-electron chi connectivity index (χ1n) is 6.49. The molecule has 0 bridgehead atoms. The topological polar surface area (TPSA) is 65.7 Å². The molecule has 3 aromatic rings. The van der Waals surface area contributed by atoms with Crippen molar-refractivity contribution in [3.63, 3.8) is 0 Å². The van der Waals surface area contributed by atoms with Crippen molar-refractivity contribution in [1.82, 2.24) is 14.6 Å². The van der Waals surface area contributed by atoms with Crippen molar-refractivity contribution < 1.29 is 14.3 Å². The van der Waals surface area contributed by atoms with Gasteiger partial charge in [0.05, 0.1) is 12.1 Å². The summed E-state index contributed by atoms with van der Waals surface area (Å²) in [6.07, 6.45) is 1.70. The number of nitrogens with zero attached hydrogens (tertiary/aromatic N) is 3. The highest BCUT2D eigenvalue weighted by Crippen LogP contribution is 2.23. The van der Waals surface area contributed by atoms with Crippen molar-refractivity contribution in [3.8, 4) is 5.75 Å².